The molecule has 2 aromatic rings. The van der Waals surface area contributed by atoms with Gasteiger partial charge in [-0.05, 0) is 57.7 Å². The molecule has 1 aromatic heterocycles. The molecule has 2 aliphatic carbocycles. The standard InChI is InChI=1S/C33H38O11/c1-20(34)40-19-32-25(41-21(2)35)13-15-31(5,38)33(32)28(43-29(37)23-14-16-39-18-23)24(30(3,4)44-33)17-26(32)42-27(36)12-11-22-9-7-6-8-10-22/h6-12,14,16,18,24-26,28,38H,13,15,17,19H2,1-5H3. The number of fused-ring (bicyclic) bond motifs is 1. The number of benzene rings is 1. The van der Waals surface area contributed by atoms with Crippen LogP contribution in [0, 0.1) is 11.3 Å². The molecule has 3 aliphatic rings. The van der Waals surface area contributed by atoms with Crippen LogP contribution in [0.2, 0.25) is 0 Å². The van der Waals surface area contributed by atoms with Crippen molar-refractivity contribution in [2.24, 2.45) is 11.3 Å². The van der Waals surface area contributed by atoms with E-state index in [1.165, 1.54) is 38.5 Å². The van der Waals surface area contributed by atoms with Crippen LogP contribution in [0.5, 0.6) is 0 Å². The minimum Gasteiger partial charge on any atom is -0.472 e. The summed E-state index contributed by atoms with van der Waals surface area (Å²) >= 11 is 0. The van der Waals surface area contributed by atoms with Crippen LogP contribution in [0.15, 0.2) is 59.4 Å². The first-order chi connectivity index (χ1) is 20.7. The Morgan fingerprint density at radius 3 is 2.34 bits per heavy atom. The van der Waals surface area contributed by atoms with Crippen molar-refractivity contribution < 1.29 is 52.4 Å². The summed E-state index contributed by atoms with van der Waals surface area (Å²) in [6.07, 6.45) is 2.46. The van der Waals surface area contributed by atoms with E-state index in [4.69, 9.17) is 28.1 Å². The van der Waals surface area contributed by atoms with E-state index in [1.54, 1.807) is 26.8 Å². The minimum absolute atomic E-state index is 0.0733. The third-order valence-electron chi connectivity index (χ3n) is 9.37. The molecule has 0 radical (unpaired) electrons. The highest BCUT2D eigenvalue weighted by Crippen LogP contribution is 2.69. The highest BCUT2D eigenvalue weighted by atomic mass is 16.6. The van der Waals surface area contributed by atoms with Gasteiger partial charge in [-0.15, -0.1) is 0 Å². The van der Waals surface area contributed by atoms with Crippen molar-refractivity contribution in [1.29, 1.82) is 0 Å². The lowest BCUT2D eigenvalue weighted by atomic mass is 9.47. The van der Waals surface area contributed by atoms with E-state index < -0.39 is 76.9 Å². The van der Waals surface area contributed by atoms with E-state index in [9.17, 15) is 24.3 Å². The van der Waals surface area contributed by atoms with Crippen molar-refractivity contribution in [3.8, 4) is 0 Å². The van der Waals surface area contributed by atoms with Crippen LogP contribution in [0.4, 0.5) is 0 Å². The van der Waals surface area contributed by atoms with Gasteiger partial charge in [-0.1, -0.05) is 30.3 Å². The van der Waals surface area contributed by atoms with Gasteiger partial charge in [0.2, 0.25) is 0 Å². The van der Waals surface area contributed by atoms with Crippen LogP contribution < -0.4 is 0 Å². The predicted molar refractivity (Wildman–Crippen MR) is 154 cm³/mol. The second-order valence-corrected chi connectivity index (χ2v) is 12.5. The van der Waals surface area contributed by atoms with E-state index in [-0.39, 0.29) is 24.8 Å². The van der Waals surface area contributed by atoms with Gasteiger partial charge >= 0.3 is 23.9 Å². The van der Waals surface area contributed by atoms with Gasteiger partial charge in [0.05, 0.1) is 23.0 Å². The lowest BCUT2D eigenvalue weighted by Gasteiger charge is -2.64. The summed E-state index contributed by atoms with van der Waals surface area (Å²) in [4.78, 5) is 51.7. The molecule has 11 nitrogen and oxygen atoms in total. The highest BCUT2D eigenvalue weighted by Gasteiger charge is 2.84. The monoisotopic (exact) mass is 610 g/mol. The lowest BCUT2D eigenvalue weighted by Crippen LogP contribution is -2.81. The van der Waals surface area contributed by atoms with Crippen LogP contribution in [0.3, 0.4) is 0 Å². The Bertz CT molecular complexity index is 1430. The third-order valence-corrected chi connectivity index (χ3v) is 9.37. The first kappa shape index (κ1) is 31.5. The molecule has 1 aliphatic heterocycles. The molecule has 44 heavy (non-hydrogen) atoms. The molecule has 5 rings (SSSR count). The zero-order valence-electron chi connectivity index (χ0n) is 25.4. The van der Waals surface area contributed by atoms with E-state index >= 15 is 0 Å². The molecule has 2 saturated carbocycles. The summed E-state index contributed by atoms with van der Waals surface area (Å²) in [7, 11) is 0. The summed E-state index contributed by atoms with van der Waals surface area (Å²) in [6.45, 7) is 7.15. The summed E-state index contributed by atoms with van der Waals surface area (Å²) in [5.74, 6) is -3.30. The van der Waals surface area contributed by atoms with Crippen LogP contribution in [0.25, 0.3) is 6.08 Å². The average molecular weight is 611 g/mol. The molecule has 1 saturated heterocycles. The SMILES string of the molecule is CC(=O)OCC12C(OC(C)=O)CCC(C)(O)C13OC(C)(C)C(CC2OC(=O)C=Cc1ccccc1)C3OC(=O)c1ccoc1. The molecule has 2 bridgehead atoms. The fraction of sp³-hybridized carbons (Fsp3) is 0.515. The second kappa shape index (κ2) is 11.5. The number of esters is 4. The molecule has 1 spiro atoms. The van der Waals surface area contributed by atoms with Gasteiger partial charge in [-0.25, -0.2) is 9.59 Å². The smallest absolute Gasteiger partial charge is 0.341 e. The number of carbonyl (C=O) groups is 4. The Balaban J connectivity index is 1.67. The summed E-state index contributed by atoms with van der Waals surface area (Å²) < 4.78 is 35.8. The van der Waals surface area contributed by atoms with Gasteiger partial charge in [-0.2, -0.15) is 0 Å². The Morgan fingerprint density at radius 2 is 1.70 bits per heavy atom. The Labute approximate surface area is 255 Å². The first-order valence-corrected chi connectivity index (χ1v) is 14.6. The van der Waals surface area contributed by atoms with Crippen molar-refractivity contribution >= 4 is 30.0 Å². The van der Waals surface area contributed by atoms with E-state index in [0.29, 0.717) is 0 Å². The van der Waals surface area contributed by atoms with E-state index in [2.05, 4.69) is 0 Å². The molecular formula is C33H38O11. The van der Waals surface area contributed by atoms with Crippen LogP contribution in [0.1, 0.15) is 69.8 Å². The van der Waals surface area contributed by atoms with Crippen molar-refractivity contribution in [3.63, 3.8) is 0 Å². The van der Waals surface area contributed by atoms with Gasteiger partial charge in [0.15, 0.2) is 5.60 Å². The predicted octanol–water partition coefficient (Wildman–Crippen LogP) is 4.02. The number of furan rings is 1. The van der Waals surface area contributed by atoms with Crippen molar-refractivity contribution in [2.45, 2.75) is 89.0 Å². The highest BCUT2D eigenvalue weighted by molar-refractivity contribution is 5.89. The van der Waals surface area contributed by atoms with Crippen molar-refractivity contribution in [1.82, 2.24) is 0 Å². The summed E-state index contributed by atoms with van der Waals surface area (Å²) in [5.41, 5.74) is -5.39. The summed E-state index contributed by atoms with van der Waals surface area (Å²) in [5, 5.41) is 12.3. The van der Waals surface area contributed by atoms with Gasteiger partial charge < -0.3 is 33.2 Å². The maximum Gasteiger partial charge on any atom is 0.341 e. The van der Waals surface area contributed by atoms with Crippen LogP contribution in [-0.2, 0) is 38.1 Å². The number of hydrogen-bond donors (Lipinski definition) is 1. The number of carbonyl (C=O) groups excluding carboxylic acids is 4. The fourth-order valence-electron chi connectivity index (χ4n) is 7.53. The van der Waals surface area contributed by atoms with Crippen LogP contribution in [-0.4, -0.2) is 70.7 Å². The minimum atomic E-state index is -1.85. The van der Waals surface area contributed by atoms with Crippen LogP contribution >= 0.6 is 0 Å². The van der Waals surface area contributed by atoms with Crippen molar-refractivity contribution in [2.75, 3.05) is 6.61 Å². The molecule has 3 fully saturated rings. The molecule has 2 heterocycles. The fourth-order valence-corrected chi connectivity index (χ4v) is 7.53. The normalized spacial score (nSPS) is 33.7. The Hall–Kier alpha value is -3.96. The molecule has 7 atom stereocenters. The topological polar surface area (TPSA) is 148 Å². The molecule has 11 heteroatoms. The molecule has 236 valence electrons. The third kappa shape index (κ3) is 5.21. The average Bonchev–Trinajstić information content (AvgIpc) is 3.55. The summed E-state index contributed by atoms with van der Waals surface area (Å²) in [6, 6.07) is 10.6. The maximum atomic E-state index is 13.4. The van der Waals surface area contributed by atoms with E-state index in [1.807, 2.05) is 30.3 Å². The molecule has 1 aromatic carbocycles. The van der Waals surface area contributed by atoms with Gasteiger partial charge in [0.25, 0.3) is 0 Å². The quantitative estimate of drug-likeness (QED) is 0.262. The maximum absolute atomic E-state index is 13.4. The largest absolute Gasteiger partial charge is 0.472 e. The molecule has 0 amide bonds. The number of aliphatic hydroxyl groups is 1. The number of rotatable bonds is 8. The number of hydrogen-bond acceptors (Lipinski definition) is 11. The van der Waals surface area contributed by atoms with Gasteiger partial charge in [0, 0.05) is 25.8 Å². The lowest BCUT2D eigenvalue weighted by molar-refractivity contribution is -0.340. The van der Waals surface area contributed by atoms with Crippen molar-refractivity contribution in [3.05, 3.63) is 66.1 Å². The zero-order chi connectivity index (χ0) is 31.9. The zero-order valence-corrected chi connectivity index (χ0v) is 25.4. The molecule has 1 N–H and O–H groups in total. The first-order valence-electron chi connectivity index (χ1n) is 14.6. The van der Waals surface area contributed by atoms with E-state index in [0.717, 1.165) is 5.56 Å². The molecule has 7 unspecified atom stereocenters. The Kier molecular flexibility index (Phi) is 8.24. The van der Waals surface area contributed by atoms with Gasteiger partial charge in [-0.3, -0.25) is 9.59 Å². The van der Waals surface area contributed by atoms with Gasteiger partial charge in [0.1, 0.15) is 36.6 Å². The Morgan fingerprint density at radius 1 is 0.977 bits per heavy atom. The number of ether oxygens (including phenoxy) is 5. The second-order valence-electron chi connectivity index (χ2n) is 12.5. The molecular weight excluding hydrogens is 572 g/mol.